The summed E-state index contributed by atoms with van der Waals surface area (Å²) in [6, 6.07) is 10.0. The van der Waals surface area contributed by atoms with E-state index in [0.717, 1.165) is 10.0 Å². The fourth-order valence-electron chi connectivity index (χ4n) is 4.10. The third-order valence-corrected chi connectivity index (χ3v) is 7.51. The molecule has 0 saturated carbocycles. The van der Waals surface area contributed by atoms with E-state index in [1.807, 2.05) is 19.9 Å². The molecule has 1 aromatic heterocycles. The summed E-state index contributed by atoms with van der Waals surface area (Å²) in [5.74, 6) is 0.742. The molecule has 0 saturated heterocycles. The van der Waals surface area contributed by atoms with Gasteiger partial charge in [-0.05, 0) is 73.5 Å². The number of halogens is 2. The second kappa shape index (κ2) is 11.7. The zero-order chi connectivity index (χ0) is 26.7. The first kappa shape index (κ1) is 27.2. The standard InChI is InChI=1S/C27H26BrClN2O5S/c1-5-34-20-14-21(35-6-2)19(28)12-17(20)13-22-25(32)31-24(16-8-10-18(29)11-9-16)23(26(33)36-7-3)15(4)30-27(31)37-22/h8-14,24H,5-7H2,1-4H3/b22-13-/t24-/m1/s1. The summed E-state index contributed by atoms with van der Waals surface area (Å²) in [6.45, 7) is 8.47. The molecule has 0 N–H and O–H groups in total. The number of hydrogen-bond donors (Lipinski definition) is 0. The summed E-state index contributed by atoms with van der Waals surface area (Å²) in [5, 5.41) is 0.555. The number of allylic oxidation sites excluding steroid dienone is 1. The molecule has 0 unspecified atom stereocenters. The lowest BCUT2D eigenvalue weighted by Crippen LogP contribution is -2.39. The van der Waals surface area contributed by atoms with Crippen LogP contribution in [0.5, 0.6) is 11.5 Å². The summed E-state index contributed by atoms with van der Waals surface area (Å²) >= 11 is 10.9. The Balaban J connectivity index is 1.94. The lowest BCUT2D eigenvalue weighted by atomic mass is 9.96. The molecule has 194 valence electrons. The molecule has 3 aromatic rings. The largest absolute Gasteiger partial charge is 0.493 e. The van der Waals surface area contributed by atoms with Crippen molar-refractivity contribution in [2.24, 2.45) is 4.99 Å². The molecule has 0 radical (unpaired) electrons. The molecule has 0 fully saturated rings. The highest BCUT2D eigenvalue weighted by Crippen LogP contribution is 2.34. The maximum Gasteiger partial charge on any atom is 0.338 e. The molecule has 0 spiro atoms. The zero-order valence-corrected chi connectivity index (χ0v) is 24.0. The van der Waals surface area contributed by atoms with Gasteiger partial charge in [0.15, 0.2) is 4.80 Å². The van der Waals surface area contributed by atoms with E-state index in [1.54, 1.807) is 54.8 Å². The van der Waals surface area contributed by atoms with Crippen molar-refractivity contribution in [1.82, 2.24) is 4.57 Å². The molecule has 2 heterocycles. The van der Waals surface area contributed by atoms with Crippen LogP contribution in [0.4, 0.5) is 0 Å². The number of nitrogens with zero attached hydrogens (tertiary/aromatic N) is 2. The quantitative estimate of drug-likeness (QED) is 0.337. The van der Waals surface area contributed by atoms with Crippen molar-refractivity contribution in [2.75, 3.05) is 19.8 Å². The Morgan fingerprint density at radius 2 is 1.78 bits per heavy atom. The molecule has 1 aliphatic heterocycles. The molecule has 1 aliphatic rings. The van der Waals surface area contributed by atoms with Crippen molar-refractivity contribution in [3.05, 3.63) is 88.0 Å². The number of hydrogen-bond acceptors (Lipinski definition) is 7. The molecule has 7 nitrogen and oxygen atoms in total. The Morgan fingerprint density at radius 3 is 2.43 bits per heavy atom. The van der Waals surface area contributed by atoms with E-state index in [-0.39, 0.29) is 12.2 Å². The molecule has 0 amide bonds. The zero-order valence-electron chi connectivity index (χ0n) is 20.8. The van der Waals surface area contributed by atoms with Gasteiger partial charge in [0.25, 0.3) is 5.56 Å². The highest BCUT2D eigenvalue weighted by molar-refractivity contribution is 9.10. The topological polar surface area (TPSA) is 79.1 Å². The molecular formula is C27H26BrClN2O5S. The van der Waals surface area contributed by atoms with Crippen LogP contribution in [0.15, 0.2) is 61.9 Å². The first-order chi connectivity index (χ1) is 17.8. The number of esters is 1. The Hall–Kier alpha value is -2.88. The van der Waals surface area contributed by atoms with Crippen molar-refractivity contribution < 1.29 is 19.0 Å². The lowest BCUT2D eigenvalue weighted by Gasteiger charge is -2.24. The first-order valence-electron chi connectivity index (χ1n) is 11.8. The highest BCUT2D eigenvalue weighted by atomic mass is 79.9. The predicted molar refractivity (Wildman–Crippen MR) is 148 cm³/mol. The van der Waals surface area contributed by atoms with Gasteiger partial charge in [-0.15, -0.1) is 0 Å². The van der Waals surface area contributed by atoms with Crippen LogP contribution in [0.3, 0.4) is 0 Å². The van der Waals surface area contributed by atoms with Crippen LogP contribution in [-0.4, -0.2) is 30.4 Å². The second-order valence-electron chi connectivity index (χ2n) is 8.04. The van der Waals surface area contributed by atoms with Gasteiger partial charge in [-0.1, -0.05) is 35.1 Å². The lowest BCUT2D eigenvalue weighted by molar-refractivity contribution is -0.139. The number of benzene rings is 2. The van der Waals surface area contributed by atoms with E-state index in [0.29, 0.717) is 55.9 Å². The van der Waals surface area contributed by atoms with Crippen molar-refractivity contribution in [1.29, 1.82) is 0 Å². The van der Waals surface area contributed by atoms with Gasteiger partial charge in [-0.25, -0.2) is 9.79 Å². The monoisotopic (exact) mass is 604 g/mol. The summed E-state index contributed by atoms with van der Waals surface area (Å²) in [5.41, 5.74) is 2.00. The molecule has 0 bridgehead atoms. The minimum absolute atomic E-state index is 0.209. The van der Waals surface area contributed by atoms with Crippen LogP contribution < -0.4 is 24.4 Å². The average Bonchev–Trinajstić information content (AvgIpc) is 3.16. The van der Waals surface area contributed by atoms with Crippen molar-refractivity contribution in [2.45, 2.75) is 33.7 Å². The maximum absolute atomic E-state index is 13.8. The molecule has 37 heavy (non-hydrogen) atoms. The number of carbonyl (C=O) groups excluding carboxylic acids is 1. The van der Waals surface area contributed by atoms with Crippen LogP contribution in [0.25, 0.3) is 6.08 Å². The Morgan fingerprint density at radius 1 is 1.11 bits per heavy atom. The number of ether oxygens (including phenoxy) is 3. The van der Waals surface area contributed by atoms with Gasteiger partial charge in [-0.3, -0.25) is 9.36 Å². The minimum atomic E-state index is -0.701. The average molecular weight is 606 g/mol. The van der Waals surface area contributed by atoms with E-state index < -0.39 is 12.0 Å². The molecule has 1 atom stereocenters. The minimum Gasteiger partial charge on any atom is -0.493 e. The molecular weight excluding hydrogens is 580 g/mol. The number of carbonyl (C=O) groups is 1. The third kappa shape index (κ3) is 5.54. The SMILES string of the molecule is CCOC(=O)C1=C(C)N=c2s/c(=C\c3cc(Br)c(OCC)cc3OCC)c(=O)n2[C@@H]1c1ccc(Cl)cc1. The number of fused-ring (bicyclic) bond motifs is 1. The smallest absolute Gasteiger partial charge is 0.338 e. The van der Waals surface area contributed by atoms with Gasteiger partial charge < -0.3 is 14.2 Å². The molecule has 4 rings (SSSR count). The summed E-state index contributed by atoms with van der Waals surface area (Å²) in [4.78, 5) is 31.9. The van der Waals surface area contributed by atoms with E-state index in [9.17, 15) is 9.59 Å². The maximum atomic E-state index is 13.8. The van der Waals surface area contributed by atoms with E-state index in [1.165, 1.54) is 11.3 Å². The van der Waals surface area contributed by atoms with E-state index >= 15 is 0 Å². The summed E-state index contributed by atoms with van der Waals surface area (Å²) in [6.07, 6.45) is 1.78. The predicted octanol–water partition coefficient (Wildman–Crippen LogP) is 5.01. The van der Waals surface area contributed by atoms with Gasteiger partial charge in [0, 0.05) is 16.7 Å². The number of thiazole rings is 1. The fraction of sp³-hybridized carbons (Fsp3) is 0.296. The van der Waals surface area contributed by atoms with Crippen LogP contribution >= 0.6 is 38.9 Å². The molecule has 10 heteroatoms. The second-order valence-corrected chi connectivity index (χ2v) is 10.3. The normalized spacial score (nSPS) is 15.3. The number of aromatic nitrogens is 1. The van der Waals surface area contributed by atoms with Crippen molar-refractivity contribution in [3.63, 3.8) is 0 Å². The summed E-state index contributed by atoms with van der Waals surface area (Å²) < 4.78 is 19.6. The van der Waals surface area contributed by atoms with E-state index in [4.69, 9.17) is 25.8 Å². The Bertz CT molecular complexity index is 1540. The van der Waals surface area contributed by atoms with Gasteiger partial charge in [-0.2, -0.15) is 0 Å². The van der Waals surface area contributed by atoms with Crippen LogP contribution in [0.1, 0.15) is 44.9 Å². The number of rotatable bonds is 8. The first-order valence-corrected chi connectivity index (χ1v) is 13.8. The third-order valence-electron chi connectivity index (χ3n) is 5.65. The Labute approximate surface area is 231 Å². The highest BCUT2D eigenvalue weighted by Gasteiger charge is 2.33. The molecule has 2 aromatic carbocycles. The van der Waals surface area contributed by atoms with Gasteiger partial charge in [0.2, 0.25) is 0 Å². The van der Waals surface area contributed by atoms with Crippen LogP contribution in [0, 0.1) is 0 Å². The Kier molecular flexibility index (Phi) is 8.56. The van der Waals surface area contributed by atoms with Crippen LogP contribution in [0.2, 0.25) is 5.02 Å². The van der Waals surface area contributed by atoms with Crippen molar-refractivity contribution >= 4 is 50.9 Å². The van der Waals surface area contributed by atoms with Gasteiger partial charge in [0.05, 0.1) is 46.1 Å². The van der Waals surface area contributed by atoms with Crippen LogP contribution in [-0.2, 0) is 9.53 Å². The van der Waals surface area contributed by atoms with E-state index in [2.05, 4.69) is 20.9 Å². The van der Waals surface area contributed by atoms with Gasteiger partial charge >= 0.3 is 5.97 Å². The fourth-order valence-corrected chi connectivity index (χ4v) is 5.74. The summed E-state index contributed by atoms with van der Waals surface area (Å²) in [7, 11) is 0. The van der Waals surface area contributed by atoms with Crippen molar-refractivity contribution in [3.8, 4) is 11.5 Å². The molecule has 0 aliphatic carbocycles. The van der Waals surface area contributed by atoms with Gasteiger partial charge in [0.1, 0.15) is 11.5 Å².